The average Bonchev–Trinajstić information content (AvgIpc) is 3.18. The van der Waals surface area contributed by atoms with Gasteiger partial charge in [-0.2, -0.15) is 11.8 Å². The highest BCUT2D eigenvalue weighted by Crippen LogP contribution is 2.44. The van der Waals surface area contributed by atoms with Crippen LogP contribution in [-0.2, 0) is 14.3 Å². The Hall–Kier alpha value is -3.00. The highest BCUT2D eigenvalue weighted by atomic mass is 32.2. The summed E-state index contributed by atoms with van der Waals surface area (Å²) in [6.45, 7) is 5.66. The monoisotopic (exact) mass is 498 g/mol. The van der Waals surface area contributed by atoms with E-state index in [1.807, 2.05) is 55.1 Å². The predicted molar refractivity (Wildman–Crippen MR) is 139 cm³/mol. The lowest BCUT2D eigenvalue weighted by atomic mass is 9.98. The maximum absolute atomic E-state index is 12.4. The summed E-state index contributed by atoms with van der Waals surface area (Å²) < 4.78 is 5.47. The van der Waals surface area contributed by atoms with Crippen LogP contribution in [0.5, 0.6) is 0 Å². The standard InChI is InChI=1S/C27H34N2O5S/c1-3-14-29(15-4-2)25(30)18-35-16-13-24(26(31)32)28-27(33)34-17-23-21-11-7-5-9-19(21)20-10-6-8-12-22(20)23/h5-12,23-24H,3-4,13-18H2,1-2H3,(H,28,33)(H,31,32). The van der Waals surface area contributed by atoms with E-state index in [2.05, 4.69) is 17.4 Å². The summed E-state index contributed by atoms with van der Waals surface area (Å²) in [5, 5.41) is 12.0. The Kier molecular flexibility index (Phi) is 10.0. The highest BCUT2D eigenvalue weighted by Gasteiger charge is 2.29. The molecule has 188 valence electrons. The lowest BCUT2D eigenvalue weighted by Crippen LogP contribution is -2.42. The predicted octanol–water partition coefficient (Wildman–Crippen LogP) is 4.75. The summed E-state index contributed by atoms with van der Waals surface area (Å²) in [6.07, 6.45) is 1.26. The first kappa shape index (κ1) is 26.6. The molecule has 1 aliphatic carbocycles. The molecule has 0 aliphatic heterocycles. The minimum atomic E-state index is -1.12. The van der Waals surface area contributed by atoms with Crippen LogP contribution in [0.1, 0.15) is 50.2 Å². The van der Waals surface area contributed by atoms with Crippen LogP contribution in [0.4, 0.5) is 4.79 Å². The van der Waals surface area contributed by atoms with Crippen molar-refractivity contribution in [1.29, 1.82) is 0 Å². The minimum Gasteiger partial charge on any atom is -0.480 e. The topological polar surface area (TPSA) is 95.9 Å². The Labute approximate surface area is 211 Å². The van der Waals surface area contributed by atoms with E-state index in [1.54, 1.807) is 0 Å². The third-order valence-electron chi connectivity index (χ3n) is 6.05. The second-order valence-electron chi connectivity index (χ2n) is 8.58. The molecule has 2 amide bonds. The van der Waals surface area contributed by atoms with Crippen LogP contribution in [-0.4, -0.2) is 65.2 Å². The maximum Gasteiger partial charge on any atom is 0.407 e. The number of thioether (sulfide) groups is 1. The van der Waals surface area contributed by atoms with Crippen molar-refractivity contribution >= 4 is 29.7 Å². The Balaban J connectivity index is 1.48. The van der Waals surface area contributed by atoms with Crippen molar-refractivity contribution in [2.24, 2.45) is 0 Å². The molecule has 0 aromatic heterocycles. The molecule has 0 saturated carbocycles. The number of amides is 2. The van der Waals surface area contributed by atoms with Gasteiger partial charge in [0.25, 0.3) is 0 Å². The van der Waals surface area contributed by atoms with Gasteiger partial charge in [0.15, 0.2) is 0 Å². The van der Waals surface area contributed by atoms with Crippen LogP contribution < -0.4 is 5.32 Å². The Morgan fingerprint density at radius 3 is 2.11 bits per heavy atom. The fourth-order valence-corrected chi connectivity index (χ4v) is 5.30. The first-order chi connectivity index (χ1) is 17.0. The number of carbonyl (C=O) groups excluding carboxylic acids is 2. The Morgan fingerprint density at radius 1 is 1.00 bits per heavy atom. The zero-order valence-corrected chi connectivity index (χ0v) is 21.2. The van der Waals surface area contributed by atoms with Gasteiger partial charge >= 0.3 is 12.1 Å². The van der Waals surface area contributed by atoms with Crippen LogP contribution in [0, 0.1) is 0 Å². The smallest absolute Gasteiger partial charge is 0.407 e. The lowest BCUT2D eigenvalue weighted by Gasteiger charge is -2.21. The van der Waals surface area contributed by atoms with E-state index in [-0.39, 0.29) is 24.9 Å². The number of rotatable bonds is 13. The first-order valence-electron chi connectivity index (χ1n) is 12.2. The molecule has 0 heterocycles. The number of carboxylic acids is 1. The number of aliphatic carboxylic acids is 1. The summed E-state index contributed by atoms with van der Waals surface area (Å²) in [5.74, 6) is -0.401. The third-order valence-corrected chi connectivity index (χ3v) is 7.03. The van der Waals surface area contributed by atoms with E-state index in [0.717, 1.165) is 48.2 Å². The molecular weight excluding hydrogens is 464 g/mol. The molecule has 0 saturated heterocycles. The van der Waals surface area contributed by atoms with Crippen LogP contribution in [0.2, 0.25) is 0 Å². The number of nitrogens with zero attached hydrogens (tertiary/aromatic N) is 1. The van der Waals surface area contributed by atoms with E-state index in [0.29, 0.717) is 11.5 Å². The van der Waals surface area contributed by atoms with Gasteiger partial charge < -0.3 is 20.1 Å². The molecule has 3 rings (SSSR count). The first-order valence-corrected chi connectivity index (χ1v) is 13.3. The van der Waals surface area contributed by atoms with Gasteiger partial charge in [0, 0.05) is 19.0 Å². The van der Waals surface area contributed by atoms with Gasteiger partial charge in [-0.1, -0.05) is 62.4 Å². The summed E-state index contributed by atoms with van der Waals surface area (Å²) in [6, 6.07) is 15.0. The Bertz CT molecular complexity index is 977. The Morgan fingerprint density at radius 2 is 1.57 bits per heavy atom. The quantitative estimate of drug-likeness (QED) is 0.387. The zero-order chi connectivity index (χ0) is 25.2. The lowest BCUT2D eigenvalue weighted by molar-refractivity contribution is -0.139. The summed E-state index contributed by atoms with van der Waals surface area (Å²) in [5.41, 5.74) is 4.45. The number of hydrogen-bond donors (Lipinski definition) is 2. The number of carbonyl (C=O) groups is 3. The van der Waals surface area contributed by atoms with E-state index in [9.17, 15) is 19.5 Å². The molecule has 2 aromatic carbocycles. The minimum absolute atomic E-state index is 0.0649. The molecule has 2 N–H and O–H groups in total. The summed E-state index contributed by atoms with van der Waals surface area (Å²) in [4.78, 5) is 38.3. The number of fused-ring (bicyclic) bond motifs is 3. The molecule has 8 heteroatoms. The van der Waals surface area contributed by atoms with Crippen molar-refractivity contribution in [3.8, 4) is 11.1 Å². The number of ether oxygens (including phenoxy) is 1. The van der Waals surface area contributed by atoms with Gasteiger partial charge in [-0.25, -0.2) is 9.59 Å². The van der Waals surface area contributed by atoms with E-state index in [1.165, 1.54) is 11.8 Å². The summed E-state index contributed by atoms with van der Waals surface area (Å²) in [7, 11) is 0. The van der Waals surface area contributed by atoms with Crippen LogP contribution in [0.25, 0.3) is 11.1 Å². The fourth-order valence-electron chi connectivity index (χ4n) is 4.39. The third kappa shape index (κ3) is 7.01. The number of benzene rings is 2. The van der Waals surface area contributed by atoms with Crippen LogP contribution in [0.15, 0.2) is 48.5 Å². The van der Waals surface area contributed by atoms with Gasteiger partial charge in [0.1, 0.15) is 12.6 Å². The average molecular weight is 499 g/mol. The van der Waals surface area contributed by atoms with Crippen molar-refractivity contribution in [2.75, 3.05) is 31.2 Å². The highest BCUT2D eigenvalue weighted by molar-refractivity contribution is 7.99. The maximum atomic E-state index is 12.4. The second kappa shape index (κ2) is 13.2. The van der Waals surface area contributed by atoms with Crippen molar-refractivity contribution < 1.29 is 24.2 Å². The number of carboxylic acid groups (broad SMARTS) is 1. The fraction of sp³-hybridized carbons (Fsp3) is 0.444. The normalized spacial score (nSPS) is 13.0. The van der Waals surface area contributed by atoms with Crippen molar-refractivity contribution in [3.63, 3.8) is 0 Å². The number of hydrogen-bond acceptors (Lipinski definition) is 5. The van der Waals surface area contributed by atoms with Gasteiger partial charge in [-0.15, -0.1) is 0 Å². The molecule has 2 aromatic rings. The summed E-state index contributed by atoms with van der Waals surface area (Å²) >= 11 is 1.39. The van der Waals surface area contributed by atoms with Crippen LogP contribution >= 0.6 is 11.8 Å². The number of nitrogens with one attached hydrogen (secondary N) is 1. The molecule has 1 atom stereocenters. The van der Waals surface area contributed by atoms with Crippen molar-refractivity contribution in [2.45, 2.75) is 45.1 Å². The molecule has 1 unspecified atom stereocenters. The molecule has 0 radical (unpaired) electrons. The van der Waals surface area contributed by atoms with Crippen LogP contribution in [0.3, 0.4) is 0 Å². The number of alkyl carbamates (subject to hydrolysis) is 1. The van der Waals surface area contributed by atoms with Gasteiger partial charge in [-0.05, 0) is 47.3 Å². The SMILES string of the molecule is CCCN(CCC)C(=O)CSCCC(NC(=O)OCC1c2ccccc2-c2ccccc21)C(=O)O. The molecule has 7 nitrogen and oxygen atoms in total. The van der Waals surface area contributed by atoms with Crippen molar-refractivity contribution in [1.82, 2.24) is 10.2 Å². The van der Waals surface area contributed by atoms with Gasteiger partial charge in [0.05, 0.1) is 5.75 Å². The molecule has 0 fully saturated rings. The van der Waals surface area contributed by atoms with E-state index < -0.39 is 18.1 Å². The molecular formula is C27H34N2O5S. The van der Waals surface area contributed by atoms with Gasteiger partial charge in [-0.3, -0.25) is 4.79 Å². The van der Waals surface area contributed by atoms with E-state index >= 15 is 0 Å². The zero-order valence-electron chi connectivity index (χ0n) is 20.4. The molecule has 0 bridgehead atoms. The van der Waals surface area contributed by atoms with Crippen molar-refractivity contribution in [3.05, 3.63) is 59.7 Å². The second-order valence-corrected chi connectivity index (χ2v) is 9.69. The van der Waals surface area contributed by atoms with Gasteiger partial charge in [0.2, 0.25) is 5.91 Å². The molecule has 0 spiro atoms. The molecule has 35 heavy (non-hydrogen) atoms. The van der Waals surface area contributed by atoms with E-state index in [4.69, 9.17) is 4.74 Å². The molecule has 1 aliphatic rings. The largest absolute Gasteiger partial charge is 0.480 e.